The molecule has 0 amide bonds. The summed E-state index contributed by atoms with van der Waals surface area (Å²) in [6.07, 6.45) is 9.26. The Kier molecular flexibility index (Phi) is 5.25. The van der Waals surface area contributed by atoms with Gasteiger partial charge in [0.1, 0.15) is 0 Å². The van der Waals surface area contributed by atoms with Crippen molar-refractivity contribution in [1.82, 2.24) is 9.55 Å². The van der Waals surface area contributed by atoms with Crippen molar-refractivity contribution in [1.29, 1.82) is 0 Å². The first-order valence-electron chi connectivity index (χ1n) is 7.53. The second-order valence-corrected chi connectivity index (χ2v) is 5.23. The van der Waals surface area contributed by atoms with Crippen molar-refractivity contribution >= 4 is 17.0 Å². The lowest BCUT2D eigenvalue weighted by atomic mass is 10.1. The van der Waals surface area contributed by atoms with Gasteiger partial charge < -0.3 is 10.3 Å². The average molecular weight is 259 g/mol. The van der Waals surface area contributed by atoms with Crippen LogP contribution < -0.4 is 5.73 Å². The monoisotopic (exact) mass is 259 g/mol. The van der Waals surface area contributed by atoms with Gasteiger partial charge in [-0.25, -0.2) is 4.98 Å². The van der Waals surface area contributed by atoms with Crippen molar-refractivity contribution < 1.29 is 0 Å². The molecule has 0 bridgehead atoms. The average Bonchev–Trinajstić information content (AvgIpc) is 2.74. The number of nitrogen functional groups attached to an aromatic ring is 1. The van der Waals surface area contributed by atoms with E-state index in [2.05, 4.69) is 22.5 Å². The van der Waals surface area contributed by atoms with E-state index >= 15 is 0 Å². The number of aryl methyl sites for hydroxylation is 1. The summed E-state index contributed by atoms with van der Waals surface area (Å²) in [6.45, 7) is 3.24. The van der Waals surface area contributed by atoms with Crippen molar-refractivity contribution in [3.63, 3.8) is 0 Å². The summed E-state index contributed by atoms with van der Waals surface area (Å²) in [5.74, 6) is 0.646. The van der Waals surface area contributed by atoms with Gasteiger partial charge in [0.15, 0.2) is 0 Å². The van der Waals surface area contributed by atoms with Crippen LogP contribution in [0.1, 0.15) is 51.9 Å². The first-order valence-corrected chi connectivity index (χ1v) is 7.53. The van der Waals surface area contributed by atoms with Crippen LogP contribution in [0.15, 0.2) is 24.3 Å². The molecule has 2 aromatic rings. The van der Waals surface area contributed by atoms with Crippen molar-refractivity contribution in [2.75, 3.05) is 5.73 Å². The number of nitrogens with zero attached hydrogens (tertiary/aromatic N) is 2. The molecule has 0 atom stereocenters. The number of hydrogen-bond donors (Lipinski definition) is 1. The summed E-state index contributed by atoms with van der Waals surface area (Å²) in [5.41, 5.74) is 8.15. The molecule has 104 valence electrons. The van der Waals surface area contributed by atoms with E-state index in [1.165, 1.54) is 44.9 Å². The molecule has 0 aliphatic carbocycles. The highest BCUT2D eigenvalue weighted by atomic mass is 15.1. The van der Waals surface area contributed by atoms with Crippen LogP contribution in [0.5, 0.6) is 0 Å². The highest BCUT2D eigenvalue weighted by Crippen LogP contribution is 2.18. The predicted molar refractivity (Wildman–Crippen MR) is 82.1 cm³/mol. The Morgan fingerprint density at radius 1 is 1.00 bits per heavy atom. The van der Waals surface area contributed by atoms with Crippen LogP contribution in [-0.2, 0) is 6.54 Å². The zero-order chi connectivity index (χ0) is 13.5. The number of anilines is 1. The minimum Gasteiger partial charge on any atom is -0.369 e. The maximum absolute atomic E-state index is 5.99. The standard InChI is InChI=1S/C16H25N3/c1-2-3-4-5-6-7-10-13-19-15-12-9-8-11-14(15)18-16(19)17/h8-9,11-12H,2-7,10,13H2,1H3,(H2,17,18). The molecule has 19 heavy (non-hydrogen) atoms. The number of unbranched alkanes of at least 4 members (excludes halogenated alkanes) is 6. The Hall–Kier alpha value is -1.51. The van der Waals surface area contributed by atoms with E-state index < -0.39 is 0 Å². The molecule has 0 unspecified atom stereocenters. The van der Waals surface area contributed by atoms with Gasteiger partial charge in [-0.3, -0.25) is 0 Å². The number of fused-ring (bicyclic) bond motifs is 1. The Morgan fingerprint density at radius 2 is 1.68 bits per heavy atom. The van der Waals surface area contributed by atoms with Crippen LogP contribution in [0.3, 0.4) is 0 Å². The van der Waals surface area contributed by atoms with Crippen molar-refractivity contribution in [3.8, 4) is 0 Å². The Labute approximate surface area is 115 Å². The highest BCUT2D eigenvalue weighted by Gasteiger charge is 2.06. The van der Waals surface area contributed by atoms with Crippen molar-refractivity contribution in [3.05, 3.63) is 24.3 Å². The summed E-state index contributed by atoms with van der Waals surface area (Å²) in [6, 6.07) is 8.17. The quantitative estimate of drug-likeness (QED) is 0.715. The van der Waals surface area contributed by atoms with E-state index in [1.807, 2.05) is 18.2 Å². The van der Waals surface area contributed by atoms with E-state index in [4.69, 9.17) is 5.73 Å². The van der Waals surface area contributed by atoms with Crippen LogP contribution >= 0.6 is 0 Å². The van der Waals surface area contributed by atoms with Crippen LogP contribution in [0.4, 0.5) is 5.95 Å². The topological polar surface area (TPSA) is 43.8 Å². The summed E-state index contributed by atoms with van der Waals surface area (Å²) in [5, 5.41) is 0. The van der Waals surface area contributed by atoms with Gasteiger partial charge in [0.05, 0.1) is 11.0 Å². The second-order valence-electron chi connectivity index (χ2n) is 5.23. The number of rotatable bonds is 8. The van der Waals surface area contributed by atoms with Gasteiger partial charge in [-0.15, -0.1) is 0 Å². The van der Waals surface area contributed by atoms with Gasteiger partial charge in [0.2, 0.25) is 5.95 Å². The molecule has 1 aromatic heterocycles. The zero-order valence-electron chi connectivity index (χ0n) is 11.9. The molecule has 0 saturated heterocycles. The SMILES string of the molecule is CCCCCCCCCn1c(N)nc2ccccc21. The van der Waals surface area contributed by atoms with Gasteiger partial charge >= 0.3 is 0 Å². The third-order valence-electron chi connectivity index (χ3n) is 3.67. The third kappa shape index (κ3) is 3.72. The Morgan fingerprint density at radius 3 is 2.47 bits per heavy atom. The summed E-state index contributed by atoms with van der Waals surface area (Å²) < 4.78 is 2.14. The molecule has 3 heteroatoms. The Bertz CT molecular complexity index is 502. The van der Waals surface area contributed by atoms with Gasteiger partial charge in [-0.05, 0) is 18.6 Å². The van der Waals surface area contributed by atoms with Crippen molar-refractivity contribution in [2.45, 2.75) is 58.4 Å². The smallest absolute Gasteiger partial charge is 0.201 e. The zero-order valence-corrected chi connectivity index (χ0v) is 11.9. The predicted octanol–water partition coefficient (Wildman–Crippen LogP) is 4.37. The number of hydrogen-bond acceptors (Lipinski definition) is 2. The largest absolute Gasteiger partial charge is 0.369 e. The van der Waals surface area contributed by atoms with Gasteiger partial charge in [-0.1, -0.05) is 57.6 Å². The molecule has 1 heterocycles. The summed E-state index contributed by atoms with van der Waals surface area (Å²) in [4.78, 5) is 4.39. The maximum atomic E-state index is 5.99. The molecule has 1 aromatic carbocycles. The molecule has 3 nitrogen and oxygen atoms in total. The van der Waals surface area contributed by atoms with Crippen molar-refractivity contribution in [2.24, 2.45) is 0 Å². The molecule has 0 spiro atoms. The van der Waals surface area contributed by atoms with E-state index in [-0.39, 0.29) is 0 Å². The number of nitrogens with two attached hydrogens (primary N) is 1. The molecule has 0 aliphatic rings. The molecule has 2 rings (SSSR count). The van der Waals surface area contributed by atoms with Gasteiger partial charge in [-0.2, -0.15) is 0 Å². The lowest BCUT2D eigenvalue weighted by Crippen LogP contribution is -2.03. The Balaban J connectivity index is 1.80. The fraction of sp³-hybridized carbons (Fsp3) is 0.562. The van der Waals surface area contributed by atoms with E-state index in [0.29, 0.717) is 5.95 Å². The molecule has 0 saturated carbocycles. The van der Waals surface area contributed by atoms with E-state index in [9.17, 15) is 0 Å². The molecule has 2 N–H and O–H groups in total. The first-order chi connectivity index (χ1) is 9.33. The fourth-order valence-electron chi connectivity index (χ4n) is 2.56. The lowest BCUT2D eigenvalue weighted by Gasteiger charge is -2.06. The number of benzene rings is 1. The number of aromatic nitrogens is 2. The molecular formula is C16H25N3. The number of para-hydroxylation sites is 2. The lowest BCUT2D eigenvalue weighted by molar-refractivity contribution is 0.557. The van der Waals surface area contributed by atoms with Gasteiger partial charge in [0, 0.05) is 6.54 Å². The van der Waals surface area contributed by atoms with Crippen LogP contribution in [0.2, 0.25) is 0 Å². The minimum atomic E-state index is 0.646. The molecule has 0 aliphatic heterocycles. The summed E-state index contributed by atoms with van der Waals surface area (Å²) in [7, 11) is 0. The third-order valence-corrected chi connectivity index (χ3v) is 3.67. The summed E-state index contributed by atoms with van der Waals surface area (Å²) >= 11 is 0. The number of imidazole rings is 1. The first kappa shape index (κ1) is 13.9. The highest BCUT2D eigenvalue weighted by molar-refractivity contribution is 5.78. The molecule has 0 fully saturated rings. The fourth-order valence-corrected chi connectivity index (χ4v) is 2.56. The second kappa shape index (κ2) is 7.17. The van der Waals surface area contributed by atoms with Gasteiger partial charge in [0.25, 0.3) is 0 Å². The van der Waals surface area contributed by atoms with Crippen LogP contribution in [-0.4, -0.2) is 9.55 Å². The maximum Gasteiger partial charge on any atom is 0.201 e. The van der Waals surface area contributed by atoms with Crippen LogP contribution in [0.25, 0.3) is 11.0 Å². The molecular weight excluding hydrogens is 234 g/mol. The van der Waals surface area contributed by atoms with Crippen LogP contribution in [0, 0.1) is 0 Å². The van der Waals surface area contributed by atoms with E-state index in [1.54, 1.807) is 0 Å². The van der Waals surface area contributed by atoms with E-state index in [0.717, 1.165) is 17.6 Å². The normalized spacial score (nSPS) is 11.2. The minimum absolute atomic E-state index is 0.646. The molecule has 0 radical (unpaired) electrons.